The van der Waals surface area contributed by atoms with Crippen LogP contribution in [0.25, 0.3) is 0 Å². The average molecular weight is 266 g/mol. The van der Waals surface area contributed by atoms with Gasteiger partial charge in [0.05, 0.1) is 6.54 Å². The highest BCUT2D eigenvalue weighted by Crippen LogP contribution is 2.20. The first-order valence-corrected chi connectivity index (χ1v) is 6.64. The van der Waals surface area contributed by atoms with Gasteiger partial charge in [-0.3, -0.25) is 4.79 Å². The minimum atomic E-state index is -1.04. The third-order valence-electron chi connectivity index (χ3n) is 2.77. The molecule has 1 heterocycles. The largest absolute Gasteiger partial charge is 0.476 e. The lowest BCUT2D eigenvalue weighted by Crippen LogP contribution is -2.24. The SMILES string of the molecule is O=C(CC1C=CCC1)NCc1nc(C(=O)O)cs1. The number of hydrogen-bond donors (Lipinski definition) is 2. The minimum absolute atomic E-state index is 0.0152. The van der Waals surface area contributed by atoms with Gasteiger partial charge in [0.15, 0.2) is 5.69 Å². The highest BCUT2D eigenvalue weighted by atomic mass is 32.1. The number of amides is 1. The van der Waals surface area contributed by atoms with Crippen LogP contribution in [0.5, 0.6) is 0 Å². The molecule has 1 aliphatic rings. The molecule has 1 atom stereocenters. The van der Waals surface area contributed by atoms with Crippen LogP contribution in [0.3, 0.4) is 0 Å². The van der Waals surface area contributed by atoms with Gasteiger partial charge in [0.1, 0.15) is 5.01 Å². The smallest absolute Gasteiger partial charge is 0.355 e. The highest BCUT2D eigenvalue weighted by Gasteiger charge is 2.14. The molecule has 0 aromatic carbocycles. The van der Waals surface area contributed by atoms with Crippen LogP contribution in [-0.2, 0) is 11.3 Å². The van der Waals surface area contributed by atoms with Crippen molar-refractivity contribution >= 4 is 23.2 Å². The second kappa shape index (κ2) is 5.77. The van der Waals surface area contributed by atoms with Crippen LogP contribution in [0.4, 0.5) is 0 Å². The van der Waals surface area contributed by atoms with E-state index in [-0.39, 0.29) is 11.6 Å². The zero-order valence-electron chi connectivity index (χ0n) is 9.76. The first-order valence-electron chi connectivity index (χ1n) is 5.76. The molecule has 2 rings (SSSR count). The van der Waals surface area contributed by atoms with E-state index < -0.39 is 5.97 Å². The van der Waals surface area contributed by atoms with Gasteiger partial charge < -0.3 is 10.4 Å². The van der Waals surface area contributed by atoms with Crippen molar-refractivity contribution in [2.45, 2.75) is 25.8 Å². The monoisotopic (exact) mass is 266 g/mol. The number of rotatable bonds is 5. The van der Waals surface area contributed by atoms with E-state index in [9.17, 15) is 9.59 Å². The van der Waals surface area contributed by atoms with E-state index in [0.717, 1.165) is 12.8 Å². The maximum Gasteiger partial charge on any atom is 0.355 e. The van der Waals surface area contributed by atoms with Gasteiger partial charge in [-0.25, -0.2) is 9.78 Å². The fourth-order valence-electron chi connectivity index (χ4n) is 1.84. The quantitative estimate of drug-likeness (QED) is 0.797. The number of carboxylic acid groups (broad SMARTS) is 1. The lowest BCUT2D eigenvalue weighted by molar-refractivity contribution is -0.121. The van der Waals surface area contributed by atoms with E-state index in [4.69, 9.17) is 5.11 Å². The predicted molar refractivity (Wildman–Crippen MR) is 67.4 cm³/mol. The molecular formula is C12H14N2O3S. The molecule has 0 saturated carbocycles. The fraction of sp³-hybridized carbons (Fsp3) is 0.417. The average Bonchev–Trinajstić information content (AvgIpc) is 2.96. The number of carbonyl (C=O) groups excluding carboxylic acids is 1. The molecule has 1 unspecified atom stereocenters. The molecule has 2 N–H and O–H groups in total. The predicted octanol–water partition coefficient (Wildman–Crippen LogP) is 1.81. The molecule has 1 aromatic heterocycles. The van der Waals surface area contributed by atoms with Gasteiger partial charge in [-0.05, 0) is 18.8 Å². The number of nitrogens with zero attached hydrogens (tertiary/aromatic N) is 1. The summed E-state index contributed by atoms with van der Waals surface area (Å²) >= 11 is 1.24. The molecule has 0 radical (unpaired) electrons. The Morgan fingerprint density at radius 3 is 3.00 bits per heavy atom. The third kappa shape index (κ3) is 3.40. The van der Waals surface area contributed by atoms with Gasteiger partial charge in [0, 0.05) is 11.8 Å². The molecule has 1 aliphatic carbocycles. The molecule has 6 heteroatoms. The summed E-state index contributed by atoms with van der Waals surface area (Å²) in [7, 11) is 0. The van der Waals surface area contributed by atoms with Gasteiger partial charge in [-0.15, -0.1) is 11.3 Å². The molecule has 0 aliphatic heterocycles. The second-order valence-electron chi connectivity index (χ2n) is 4.18. The van der Waals surface area contributed by atoms with Crippen molar-refractivity contribution in [2.24, 2.45) is 5.92 Å². The number of nitrogens with one attached hydrogen (secondary N) is 1. The number of carboxylic acids is 1. The maximum atomic E-state index is 11.6. The highest BCUT2D eigenvalue weighted by molar-refractivity contribution is 7.09. The van der Waals surface area contributed by atoms with Crippen molar-refractivity contribution < 1.29 is 14.7 Å². The Bertz CT molecular complexity index is 481. The molecule has 0 saturated heterocycles. The Kier molecular flexibility index (Phi) is 4.09. The van der Waals surface area contributed by atoms with Crippen molar-refractivity contribution in [3.05, 3.63) is 28.2 Å². The van der Waals surface area contributed by atoms with Crippen LogP contribution in [-0.4, -0.2) is 22.0 Å². The summed E-state index contributed by atoms with van der Waals surface area (Å²) in [6.07, 6.45) is 6.75. The van der Waals surface area contributed by atoms with Crippen molar-refractivity contribution in [1.29, 1.82) is 0 Å². The van der Waals surface area contributed by atoms with Gasteiger partial charge >= 0.3 is 5.97 Å². The molecule has 0 spiro atoms. The van der Waals surface area contributed by atoms with Crippen LogP contribution in [0.15, 0.2) is 17.5 Å². The number of carbonyl (C=O) groups is 2. The Balaban J connectivity index is 1.77. The zero-order valence-corrected chi connectivity index (χ0v) is 10.6. The topological polar surface area (TPSA) is 79.3 Å². The van der Waals surface area contributed by atoms with Gasteiger partial charge in [-0.2, -0.15) is 0 Å². The Labute approximate surface area is 109 Å². The van der Waals surface area contributed by atoms with E-state index >= 15 is 0 Å². The minimum Gasteiger partial charge on any atom is -0.476 e. The molecule has 0 fully saturated rings. The van der Waals surface area contributed by atoms with Crippen molar-refractivity contribution in [3.63, 3.8) is 0 Å². The summed E-state index contributed by atoms with van der Waals surface area (Å²) in [5.74, 6) is -0.714. The first kappa shape index (κ1) is 12.8. The van der Waals surface area contributed by atoms with Gasteiger partial charge in [-0.1, -0.05) is 12.2 Å². The van der Waals surface area contributed by atoms with Crippen LogP contribution in [0, 0.1) is 5.92 Å². The van der Waals surface area contributed by atoms with E-state index in [1.54, 1.807) is 0 Å². The van der Waals surface area contributed by atoms with Crippen molar-refractivity contribution in [1.82, 2.24) is 10.3 Å². The fourth-order valence-corrected chi connectivity index (χ4v) is 2.55. The van der Waals surface area contributed by atoms with Crippen molar-refractivity contribution in [2.75, 3.05) is 0 Å². The molecule has 1 amide bonds. The lowest BCUT2D eigenvalue weighted by atomic mass is 10.1. The van der Waals surface area contributed by atoms with Gasteiger partial charge in [0.25, 0.3) is 0 Å². The standard InChI is InChI=1S/C12H14N2O3S/c15-10(5-8-3-1-2-4-8)13-6-11-14-9(7-18-11)12(16)17/h1,3,7-8H,2,4-6H2,(H,13,15)(H,16,17). The van der Waals surface area contributed by atoms with E-state index in [1.807, 2.05) is 0 Å². The number of thiazole rings is 1. The zero-order chi connectivity index (χ0) is 13.0. The molecule has 1 aromatic rings. The summed E-state index contributed by atoms with van der Waals surface area (Å²) in [6.45, 7) is 0.299. The Morgan fingerprint density at radius 1 is 1.56 bits per heavy atom. The molecule has 5 nitrogen and oxygen atoms in total. The third-order valence-corrected chi connectivity index (χ3v) is 3.62. The van der Waals surface area contributed by atoms with Gasteiger partial charge in [0.2, 0.25) is 5.91 Å². The lowest BCUT2D eigenvalue weighted by Gasteiger charge is -2.07. The summed E-state index contributed by atoms with van der Waals surface area (Å²) < 4.78 is 0. The number of aromatic carboxylic acids is 1. The Hall–Kier alpha value is -1.69. The second-order valence-corrected chi connectivity index (χ2v) is 5.12. The first-order chi connectivity index (χ1) is 8.65. The van der Waals surface area contributed by atoms with E-state index in [0.29, 0.717) is 23.9 Å². The van der Waals surface area contributed by atoms with Crippen LogP contribution >= 0.6 is 11.3 Å². The molecule has 0 bridgehead atoms. The molecule has 18 heavy (non-hydrogen) atoms. The number of allylic oxidation sites excluding steroid dienone is 2. The summed E-state index contributed by atoms with van der Waals surface area (Å²) in [4.78, 5) is 26.2. The molecular weight excluding hydrogens is 252 g/mol. The van der Waals surface area contributed by atoms with Crippen LogP contribution < -0.4 is 5.32 Å². The number of aromatic nitrogens is 1. The van der Waals surface area contributed by atoms with Crippen molar-refractivity contribution in [3.8, 4) is 0 Å². The Morgan fingerprint density at radius 2 is 2.39 bits per heavy atom. The van der Waals surface area contributed by atoms with E-state index in [2.05, 4.69) is 22.5 Å². The van der Waals surface area contributed by atoms with E-state index in [1.165, 1.54) is 16.7 Å². The summed E-state index contributed by atoms with van der Waals surface area (Å²) in [5, 5.41) is 13.6. The molecule has 96 valence electrons. The summed E-state index contributed by atoms with van der Waals surface area (Å²) in [5.41, 5.74) is 0.0305. The van der Waals surface area contributed by atoms with Crippen LogP contribution in [0.1, 0.15) is 34.8 Å². The number of hydrogen-bond acceptors (Lipinski definition) is 4. The van der Waals surface area contributed by atoms with Crippen LogP contribution in [0.2, 0.25) is 0 Å². The summed E-state index contributed by atoms with van der Waals surface area (Å²) in [6, 6.07) is 0. The maximum absolute atomic E-state index is 11.6. The normalized spacial score (nSPS) is 17.9.